The molecular formula is C25H32ClNO4. The van der Waals surface area contributed by atoms with E-state index < -0.39 is 12.4 Å². The van der Waals surface area contributed by atoms with Crippen molar-refractivity contribution in [3.8, 4) is 11.5 Å². The van der Waals surface area contributed by atoms with Crippen molar-refractivity contribution in [3.63, 3.8) is 0 Å². The summed E-state index contributed by atoms with van der Waals surface area (Å²) in [6.07, 6.45) is 5.28. The molecule has 2 atom stereocenters. The number of carbonyl (C=O) groups excluding carboxylic acids is 1. The van der Waals surface area contributed by atoms with Gasteiger partial charge in [0.15, 0.2) is 5.75 Å². The summed E-state index contributed by atoms with van der Waals surface area (Å²) in [5.41, 5.74) is 1.01. The molecule has 1 aliphatic rings. The van der Waals surface area contributed by atoms with Crippen LogP contribution in [0.2, 0.25) is 5.02 Å². The third-order valence-electron chi connectivity index (χ3n) is 6.21. The Morgan fingerprint density at radius 2 is 2.06 bits per heavy atom. The molecule has 0 saturated carbocycles. The zero-order valence-corrected chi connectivity index (χ0v) is 19.1. The standard InChI is InChI=1S/C25H32ClNO4/c1-3-4-14-25(30-18-29,20-10-8-15-27(16-20)17-28)21-11-7-12-22(26)24(21)31-23-13-6-5-9-19(23)2/h5-7,9,11-13,17,20,29H,3-4,8,10,14-16,18H2,1-2H3/t20-,25+/m1/s1. The number of hydrogen-bond donors (Lipinski definition) is 1. The van der Waals surface area contributed by atoms with Crippen LogP contribution in [-0.2, 0) is 15.1 Å². The molecule has 5 nitrogen and oxygen atoms in total. The zero-order valence-electron chi connectivity index (χ0n) is 18.4. The molecule has 6 heteroatoms. The number of benzene rings is 2. The van der Waals surface area contributed by atoms with Gasteiger partial charge in [-0.15, -0.1) is 0 Å². The molecule has 1 aliphatic heterocycles. The van der Waals surface area contributed by atoms with E-state index in [0.717, 1.165) is 55.5 Å². The Kier molecular flexibility index (Phi) is 8.35. The third-order valence-corrected chi connectivity index (χ3v) is 6.51. The van der Waals surface area contributed by atoms with Crippen molar-refractivity contribution in [2.75, 3.05) is 19.9 Å². The van der Waals surface area contributed by atoms with Crippen LogP contribution in [0, 0.1) is 12.8 Å². The Labute approximate surface area is 189 Å². The molecule has 0 unspecified atom stereocenters. The number of unbranched alkanes of at least 4 members (excludes halogenated alkanes) is 1. The molecule has 1 saturated heterocycles. The number of ether oxygens (including phenoxy) is 2. The summed E-state index contributed by atoms with van der Waals surface area (Å²) >= 11 is 6.66. The van der Waals surface area contributed by atoms with Crippen molar-refractivity contribution < 1.29 is 19.4 Å². The Morgan fingerprint density at radius 3 is 2.77 bits per heavy atom. The Balaban J connectivity index is 2.13. The molecular weight excluding hydrogens is 414 g/mol. The maximum atomic E-state index is 11.5. The summed E-state index contributed by atoms with van der Waals surface area (Å²) in [4.78, 5) is 13.3. The summed E-state index contributed by atoms with van der Waals surface area (Å²) in [5, 5.41) is 10.4. The van der Waals surface area contributed by atoms with Crippen molar-refractivity contribution >= 4 is 18.0 Å². The summed E-state index contributed by atoms with van der Waals surface area (Å²) in [6.45, 7) is 5.01. The fourth-order valence-electron chi connectivity index (χ4n) is 4.59. The highest BCUT2D eigenvalue weighted by Gasteiger charge is 2.45. The van der Waals surface area contributed by atoms with E-state index in [4.69, 9.17) is 21.1 Å². The van der Waals surface area contributed by atoms with Gasteiger partial charge in [-0.3, -0.25) is 4.79 Å². The van der Waals surface area contributed by atoms with E-state index in [1.807, 2.05) is 43.3 Å². The van der Waals surface area contributed by atoms with E-state index in [9.17, 15) is 9.90 Å². The second-order valence-corrected chi connectivity index (χ2v) is 8.60. The van der Waals surface area contributed by atoms with E-state index in [0.29, 0.717) is 23.7 Å². The smallest absolute Gasteiger partial charge is 0.209 e. The summed E-state index contributed by atoms with van der Waals surface area (Å²) in [6, 6.07) is 13.5. The highest BCUT2D eigenvalue weighted by molar-refractivity contribution is 6.32. The number of para-hydroxylation sites is 2. The number of amides is 1. The lowest BCUT2D eigenvalue weighted by molar-refractivity contribution is -0.168. The fraction of sp³-hybridized carbons (Fsp3) is 0.480. The van der Waals surface area contributed by atoms with Gasteiger partial charge in [-0.05, 0) is 43.9 Å². The minimum Gasteiger partial charge on any atom is -0.455 e. The molecule has 168 valence electrons. The van der Waals surface area contributed by atoms with Gasteiger partial charge in [0.05, 0.1) is 5.02 Å². The van der Waals surface area contributed by atoms with Crippen LogP contribution in [0.15, 0.2) is 42.5 Å². The molecule has 3 rings (SSSR count). The monoisotopic (exact) mass is 445 g/mol. The quantitative estimate of drug-likeness (QED) is 0.378. The van der Waals surface area contributed by atoms with Gasteiger partial charge < -0.3 is 19.5 Å². The second-order valence-electron chi connectivity index (χ2n) is 8.19. The Bertz CT molecular complexity index is 874. The van der Waals surface area contributed by atoms with E-state index in [-0.39, 0.29) is 5.92 Å². The van der Waals surface area contributed by atoms with Gasteiger partial charge in [0.2, 0.25) is 6.41 Å². The van der Waals surface area contributed by atoms with Gasteiger partial charge in [-0.1, -0.05) is 61.7 Å². The minimum atomic E-state index is -0.810. The van der Waals surface area contributed by atoms with Crippen molar-refractivity contribution in [1.82, 2.24) is 4.90 Å². The molecule has 0 aromatic heterocycles. The van der Waals surface area contributed by atoms with Crippen LogP contribution >= 0.6 is 11.6 Å². The first-order valence-corrected chi connectivity index (χ1v) is 11.4. The highest BCUT2D eigenvalue weighted by atomic mass is 35.5. The van der Waals surface area contributed by atoms with Crippen LogP contribution in [0.3, 0.4) is 0 Å². The van der Waals surface area contributed by atoms with Gasteiger partial charge in [-0.25, -0.2) is 0 Å². The maximum Gasteiger partial charge on any atom is 0.209 e. The van der Waals surface area contributed by atoms with E-state index in [2.05, 4.69) is 6.92 Å². The molecule has 0 aliphatic carbocycles. The van der Waals surface area contributed by atoms with Crippen LogP contribution in [0.1, 0.15) is 50.2 Å². The van der Waals surface area contributed by atoms with Crippen LogP contribution in [0.5, 0.6) is 11.5 Å². The number of likely N-dealkylation sites (tertiary alicyclic amines) is 1. The number of nitrogens with zero attached hydrogens (tertiary/aromatic N) is 1. The predicted octanol–water partition coefficient (Wildman–Crippen LogP) is 5.66. The number of carbonyl (C=O) groups is 1. The molecule has 1 N–H and O–H groups in total. The van der Waals surface area contributed by atoms with E-state index in [1.54, 1.807) is 11.0 Å². The normalized spacial score (nSPS) is 18.5. The average molecular weight is 446 g/mol. The summed E-state index contributed by atoms with van der Waals surface area (Å²) < 4.78 is 12.6. The summed E-state index contributed by atoms with van der Waals surface area (Å²) in [5.74, 6) is 1.29. The van der Waals surface area contributed by atoms with E-state index in [1.165, 1.54) is 0 Å². The number of aliphatic hydroxyl groups excluding tert-OH is 1. The number of halogens is 1. The van der Waals surface area contributed by atoms with Gasteiger partial charge in [-0.2, -0.15) is 0 Å². The minimum absolute atomic E-state index is 0.0165. The number of hydrogen-bond acceptors (Lipinski definition) is 4. The molecule has 2 aromatic rings. The zero-order chi connectivity index (χ0) is 22.3. The van der Waals surface area contributed by atoms with Crippen LogP contribution in [-0.4, -0.2) is 36.3 Å². The highest BCUT2D eigenvalue weighted by Crippen LogP contribution is 2.49. The lowest BCUT2D eigenvalue weighted by Crippen LogP contribution is -2.47. The van der Waals surface area contributed by atoms with Crippen molar-refractivity contribution in [1.29, 1.82) is 0 Å². The van der Waals surface area contributed by atoms with Gasteiger partial charge >= 0.3 is 0 Å². The first kappa shape index (κ1) is 23.6. The van der Waals surface area contributed by atoms with Gasteiger partial charge in [0.25, 0.3) is 0 Å². The lowest BCUT2D eigenvalue weighted by atomic mass is 9.73. The summed E-state index contributed by atoms with van der Waals surface area (Å²) in [7, 11) is 0. The Hall–Kier alpha value is -2.08. The van der Waals surface area contributed by atoms with Crippen LogP contribution < -0.4 is 4.74 Å². The first-order valence-electron chi connectivity index (χ1n) is 11.0. The van der Waals surface area contributed by atoms with Crippen LogP contribution in [0.4, 0.5) is 0 Å². The number of rotatable bonds is 10. The molecule has 0 bridgehead atoms. The van der Waals surface area contributed by atoms with Gasteiger partial charge in [0, 0.05) is 24.6 Å². The number of aliphatic hydroxyl groups is 1. The first-order chi connectivity index (χ1) is 15.1. The van der Waals surface area contributed by atoms with Crippen molar-refractivity contribution in [2.45, 2.75) is 51.6 Å². The number of piperidine rings is 1. The molecule has 1 fully saturated rings. The van der Waals surface area contributed by atoms with Crippen LogP contribution in [0.25, 0.3) is 0 Å². The lowest BCUT2D eigenvalue weighted by Gasteiger charge is -2.45. The largest absolute Gasteiger partial charge is 0.455 e. The molecule has 0 spiro atoms. The fourth-order valence-corrected chi connectivity index (χ4v) is 4.80. The molecule has 31 heavy (non-hydrogen) atoms. The topological polar surface area (TPSA) is 59.0 Å². The molecule has 2 aromatic carbocycles. The molecule has 1 amide bonds. The second kappa shape index (κ2) is 11.0. The number of aryl methyl sites for hydroxylation is 1. The molecule has 1 heterocycles. The predicted molar refractivity (Wildman–Crippen MR) is 122 cm³/mol. The average Bonchev–Trinajstić information content (AvgIpc) is 2.79. The Morgan fingerprint density at radius 1 is 1.26 bits per heavy atom. The SMILES string of the molecule is CCCC[C@@](OCO)(c1cccc(Cl)c1Oc1ccccc1C)[C@@H]1CCCN(C=O)C1. The van der Waals surface area contributed by atoms with Crippen molar-refractivity contribution in [2.24, 2.45) is 5.92 Å². The third kappa shape index (κ3) is 5.22. The van der Waals surface area contributed by atoms with E-state index >= 15 is 0 Å². The maximum absolute atomic E-state index is 11.5. The van der Waals surface area contributed by atoms with Crippen molar-refractivity contribution in [3.05, 3.63) is 58.6 Å². The van der Waals surface area contributed by atoms with Gasteiger partial charge in [0.1, 0.15) is 18.1 Å². The molecule has 0 radical (unpaired) electrons.